The van der Waals surface area contributed by atoms with Crippen LogP contribution in [-0.4, -0.2) is 17.7 Å². The third kappa shape index (κ3) is 8.10. The predicted molar refractivity (Wildman–Crippen MR) is 79.4 cm³/mol. The fraction of sp³-hybridized carbons (Fsp3) is 0.833. The first-order valence-corrected chi connectivity index (χ1v) is 8.78. The highest BCUT2D eigenvalue weighted by molar-refractivity contribution is 9.28. The highest BCUT2D eigenvalue weighted by atomic mass is 79.9. The summed E-state index contributed by atoms with van der Waals surface area (Å²) in [6, 6.07) is 0. The Bertz CT molecular complexity index is 267. The number of rotatable bonds is 5. The van der Waals surface area contributed by atoms with Crippen molar-refractivity contribution in [2.45, 2.75) is 38.3 Å². The van der Waals surface area contributed by atoms with Crippen LogP contribution in [-0.2, 0) is 0 Å². The maximum atomic E-state index is 12.0. The lowest BCUT2D eigenvalue weighted by molar-refractivity contribution is -0.129. The van der Waals surface area contributed by atoms with Crippen LogP contribution in [0.3, 0.4) is 0 Å². The van der Waals surface area contributed by atoms with Gasteiger partial charge in [0.25, 0.3) is 0 Å². The summed E-state index contributed by atoms with van der Waals surface area (Å²) in [4.78, 5) is 0. The zero-order valence-corrected chi connectivity index (χ0v) is 14.0. The van der Waals surface area contributed by atoms with Crippen LogP contribution in [0.4, 0.5) is 13.2 Å². The van der Waals surface area contributed by atoms with E-state index in [9.17, 15) is 13.2 Å². The molecular formula is C12H17Br2F3S. The minimum absolute atomic E-state index is 0.205. The Labute approximate surface area is 127 Å². The third-order valence-corrected chi connectivity index (χ3v) is 4.87. The molecule has 106 valence electrons. The van der Waals surface area contributed by atoms with E-state index in [2.05, 4.69) is 37.9 Å². The monoisotopic (exact) mass is 408 g/mol. The number of thioether (sulfide) groups is 1. The molecule has 0 atom stereocenters. The van der Waals surface area contributed by atoms with Gasteiger partial charge in [0, 0.05) is 5.75 Å². The van der Waals surface area contributed by atoms with Crippen LogP contribution in [0.25, 0.3) is 0 Å². The number of hydrogen-bond donors (Lipinski definition) is 0. The molecule has 0 saturated heterocycles. The smallest absolute Gasteiger partial charge is 0.171 e. The van der Waals surface area contributed by atoms with E-state index in [-0.39, 0.29) is 5.75 Å². The van der Waals surface area contributed by atoms with Crippen molar-refractivity contribution in [2.75, 3.05) is 11.5 Å². The highest BCUT2D eigenvalue weighted by Gasteiger charge is 2.26. The van der Waals surface area contributed by atoms with Gasteiger partial charge in [0.15, 0.2) is 0 Å². The quantitative estimate of drug-likeness (QED) is 0.493. The minimum atomic E-state index is -4.00. The average molecular weight is 410 g/mol. The zero-order valence-electron chi connectivity index (χ0n) is 9.98. The second kappa shape index (κ2) is 8.20. The molecule has 0 heterocycles. The van der Waals surface area contributed by atoms with Crippen LogP contribution in [0.5, 0.6) is 0 Å². The number of halogens is 5. The van der Waals surface area contributed by atoms with Crippen LogP contribution in [0.15, 0.2) is 9.47 Å². The van der Waals surface area contributed by atoms with Crippen LogP contribution in [0.2, 0.25) is 0 Å². The molecule has 1 fully saturated rings. The predicted octanol–water partition coefficient (Wildman–Crippen LogP) is 6.11. The topological polar surface area (TPSA) is 0 Å². The summed E-state index contributed by atoms with van der Waals surface area (Å²) < 4.78 is 36.9. The number of alkyl halides is 3. The Balaban J connectivity index is 2.11. The molecule has 0 aromatic rings. The molecule has 18 heavy (non-hydrogen) atoms. The van der Waals surface area contributed by atoms with Crippen LogP contribution in [0.1, 0.15) is 32.1 Å². The van der Waals surface area contributed by atoms with E-state index < -0.39 is 12.6 Å². The molecular weight excluding hydrogens is 393 g/mol. The summed E-state index contributed by atoms with van der Waals surface area (Å²) >= 11 is 8.17. The Kier molecular flexibility index (Phi) is 7.70. The van der Waals surface area contributed by atoms with Gasteiger partial charge in [-0.15, -0.1) is 0 Å². The van der Waals surface area contributed by atoms with Crippen molar-refractivity contribution in [3.63, 3.8) is 0 Å². The van der Waals surface area contributed by atoms with E-state index in [4.69, 9.17) is 0 Å². The Morgan fingerprint density at radius 3 is 2.28 bits per heavy atom. The van der Waals surface area contributed by atoms with Gasteiger partial charge in [-0.25, -0.2) is 0 Å². The molecule has 0 aromatic carbocycles. The third-order valence-electron chi connectivity index (χ3n) is 3.14. The maximum absolute atomic E-state index is 12.0. The SMILES string of the molecule is FC(F)(F)CCSCC1CCC(C=C(Br)Br)CC1. The van der Waals surface area contributed by atoms with Gasteiger partial charge in [0.1, 0.15) is 0 Å². The lowest BCUT2D eigenvalue weighted by Gasteiger charge is -2.26. The maximum Gasteiger partial charge on any atom is 0.389 e. The van der Waals surface area contributed by atoms with E-state index in [1.165, 1.54) is 11.8 Å². The standard InChI is InChI=1S/C12H17Br2F3S/c13-11(14)7-9-1-3-10(4-2-9)8-18-6-5-12(15,16)17/h7,9-10H,1-6,8H2. The molecule has 1 rings (SSSR count). The first kappa shape index (κ1) is 16.9. The van der Waals surface area contributed by atoms with Gasteiger partial charge in [-0.3, -0.25) is 0 Å². The van der Waals surface area contributed by atoms with E-state index in [1.807, 2.05) is 0 Å². The number of allylic oxidation sites excluding steroid dienone is 1. The molecule has 0 aromatic heterocycles. The second-order valence-electron chi connectivity index (χ2n) is 4.68. The highest BCUT2D eigenvalue weighted by Crippen LogP contribution is 2.34. The fourth-order valence-corrected chi connectivity index (χ4v) is 4.09. The summed E-state index contributed by atoms with van der Waals surface area (Å²) in [6.07, 6.45) is 2.06. The fourth-order valence-electron chi connectivity index (χ4n) is 2.14. The molecule has 1 saturated carbocycles. The molecule has 0 spiro atoms. The first-order valence-electron chi connectivity index (χ1n) is 6.04. The van der Waals surface area contributed by atoms with Crippen LogP contribution < -0.4 is 0 Å². The molecule has 1 aliphatic carbocycles. The van der Waals surface area contributed by atoms with Crippen LogP contribution in [0, 0.1) is 11.8 Å². The normalized spacial score (nSPS) is 24.9. The molecule has 6 heteroatoms. The van der Waals surface area contributed by atoms with Crippen molar-refractivity contribution in [1.82, 2.24) is 0 Å². The largest absolute Gasteiger partial charge is 0.389 e. The second-order valence-corrected chi connectivity index (χ2v) is 8.60. The van der Waals surface area contributed by atoms with E-state index in [1.54, 1.807) is 0 Å². The van der Waals surface area contributed by atoms with Gasteiger partial charge in [-0.1, -0.05) is 6.08 Å². The van der Waals surface area contributed by atoms with Crippen molar-refractivity contribution in [2.24, 2.45) is 11.8 Å². The molecule has 0 nitrogen and oxygen atoms in total. The van der Waals surface area contributed by atoms with Gasteiger partial charge in [-0.05, 0) is 75.1 Å². The Morgan fingerprint density at radius 2 is 1.78 bits per heavy atom. The number of hydrogen-bond acceptors (Lipinski definition) is 1. The molecule has 0 unspecified atom stereocenters. The molecule has 0 aliphatic heterocycles. The average Bonchev–Trinajstić information content (AvgIpc) is 2.24. The van der Waals surface area contributed by atoms with Crippen LogP contribution >= 0.6 is 43.6 Å². The minimum Gasteiger partial charge on any atom is -0.171 e. The van der Waals surface area contributed by atoms with Gasteiger partial charge >= 0.3 is 6.18 Å². The first-order chi connectivity index (χ1) is 8.37. The van der Waals surface area contributed by atoms with Gasteiger partial charge in [-0.2, -0.15) is 24.9 Å². The molecule has 0 radical (unpaired) electrons. The van der Waals surface area contributed by atoms with E-state index in [0.29, 0.717) is 11.8 Å². The van der Waals surface area contributed by atoms with Gasteiger partial charge in [0.2, 0.25) is 0 Å². The molecule has 0 N–H and O–H groups in total. The Morgan fingerprint density at radius 1 is 1.17 bits per heavy atom. The van der Waals surface area contributed by atoms with Crippen molar-refractivity contribution >= 4 is 43.6 Å². The van der Waals surface area contributed by atoms with Crippen molar-refractivity contribution in [3.8, 4) is 0 Å². The lowest BCUT2D eigenvalue weighted by Crippen LogP contribution is -2.16. The van der Waals surface area contributed by atoms with E-state index >= 15 is 0 Å². The lowest BCUT2D eigenvalue weighted by atomic mass is 9.83. The molecule has 1 aliphatic rings. The summed E-state index contributed by atoms with van der Waals surface area (Å²) in [6.45, 7) is 0. The van der Waals surface area contributed by atoms with Gasteiger partial charge < -0.3 is 0 Å². The zero-order chi connectivity index (χ0) is 13.6. The summed E-state index contributed by atoms with van der Waals surface area (Å²) in [5.74, 6) is 2.29. The van der Waals surface area contributed by atoms with Crippen molar-refractivity contribution < 1.29 is 13.2 Å². The molecule has 0 amide bonds. The van der Waals surface area contributed by atoms with E-state index in [0.717, 1.165) is 34.8 Å². The Hall–Kier alpha value is 0.840. The molecule has 0 bridgehead atoms. The van der Waals surface area contributed by atoms with Crippen molar-refractivity contribution in [1.29, 1.82) is 0 Å². The summed E-state index contributed by atoms with van der Waals surface area (Å²) in [5.41, 5.74) is 0. The summed E-state index contributed by atoms with van der Waals surface area (Å²) in [7, 11) is 0. The summed E-state index contributed by atoms with van der Waals surface area (Å²) in [5, 5.41) is 0. The van der Waals surface area contributed by atoms with Gasteiger partial charge in [0.05, 0.1) is 9.81 Å². The van der Waals surface area contributed by atoms with Crippen molar-refractivity contribution in [3.05, 3.63) is 9.47 Å².